The number of benzene rings is 1. The maximum absolute atomic E-state index is 12.9. The molecule has 2 rings (SSSR count). The van der Waals surface area contributed by atoms with Crippen molar-refractivity contribution in [3.63, 3.8) is 0 Å². The lowest BCUT2D eigenvalue weighted by atomic mass is 10.1. The predicted octanol–water partition coefficient (Wildman–Crippen LogP) is 3.30. The SMILES string of the molecule is CNc1ccc(C(=O)Nc2cc(C)no2)cc1C(F)(F)F. The van der Waals surface area contributed by atoms with Crippen LogP contribution in [0.25, 0.3) is 0 Å². The molecule has 0 aliphatic carbocycles. The number of aromatic nitrogens is 1. The minimum atomic E-state index is -4.56. The predicted molar refractivity (Wildman–Crippen MR) is 70.2 cm³/mol. The van der Waals surface area contributed by atoms with Gasteiger partial charge in [-0.3, -0.25) is 10.1 Å². The van der Waals surface area contributed by atoms with Crippen LogP contribution in [-0.4, -0.2) is 18.1 Å². The molecule has 112 valence electrons. The Bertz CT molecular complexity index is 665. The number of anilines is 2. The van der Waals surface area contributed by atoms with Gasteiger partial charge in [0.25, 0.3) is 5.91 Å². The van der Waals surface area contributed by atoms with Crippen molar-refractivity contribution >= 4 is 17.5 Å². The van der Waals surface area contributed by atoms with E-state index in [1.165, 1.54) is 25.2 Å². The second-order valence-corrected chi connectivity index (χ2v) is 4.29. The van der Waals surface area contributed by atoms with Crippen molar-refractivity contribution in [2.75, 3.05) is 17.7 Å². The van der Waals surface area contributed by atoms with E-state index in [1.807, 2.05) is 0 Å². The number of carbonyl (C=O) groups is 1. The molecular weight excluding hydrogens is 287 g/mol. The zero-order valence-electron chi connectivity index (χ0n) is 11.2. The Labute approximate surface area is 118 Å². The van der Waals surface area contributed by atoms with Gasteiger partial charge in [-0.15, -0.1) is 0 Å². The molecule has 0 unspecified atom stereocenters. The third-order valence-corrected chi connectivity index (χ3v) is 2.72. The molecule has 0 spiro atoms. The lowest BCUT2D eigenvalue weighted by Gasteiger charge is -2.13. The summed E-state index contributed by atoms with van der Waals surface area (Å²) >= 11 is 0. The van der Waals surface area contributed by atoms with Gasteiger partial charge >= 0.3 is 6.18 Å². The molecule has 0 radical (unpaired) electrons. The Hall–Kier alpha value is -2.51. The van der Waals surface area contributed by atoms with Crippen LogP contribution in [-0.2, 0) is 6.18 Å². The molecule has 1 amide bonds. The number of nitrogens with one attached hydrogen (secondary N) is 2. The number of hydrogen-bond acceptors (Lipinski definition) is 4. The van der Waals surface area contributed by atoms with Gasteiger partial charge in [-0.2, -0.15) is 13.2 Å². The second-order valence-electron chi connectivity index (χ2n) is 4.29. The molecule has 0 aliphatic rings. The summed E-state index contributed by atoms with van der Waals surface area (Å²) < 4.78 is 43.5. The third kappa shape index (κ3) is 3.33. The smallest absolute Gasteiger partial charge is 0.388 e. The van der Waals surface area contributed by atoms with Crippen molar-refractivity contribution in [3.05, 3.63) is 41.1 Å². The van der Waals surface area contributed by atoms with E-state index in [9.17, 15) is 18.0 Å². The van der Waals surface area contributed by atoms with E-state index in [0.29, 0.717) is 5.69 Å². The molecule has 0 fully saturated rings. The fraction of sp³-hybridized carbons (Fsp3) is 0.231. The van der Waals surface area contributed by atoms with Gasteiger partial charge in [-0.05, 0) is 25.1 Å². The van der Waals surface area contributed by atoms with E-state index >= 15 is 0 Å². The minimum Gasteiger partial charge on any atom is -0.388 e. The normalized spacial score (nSPS) is 11.3. The van der Waals surface area contributed by atoms with E-state index in [0.717, 1.165) is 6.07 Å². The summed E-state index contributed by atoms with van der Waals surface area (Å²) in [7, 11) is 1.38. The zero-order valence-corrected chi connectivity index (χ0v) is 11.2. The lowest BCUT2D eigenvalue weighted by molar-refractivity contribution is -0.136. The fourth-order valence-electron chi connectivity index (χ4n) is 1.74. The second kappa shape index (κ2) is 5.47. The number of alkyl halides is 3. The van der Waals surface area contributed by atoms with Crippen LogP contribution in [0.5, 0.6) is 0 Å². The van der Waals surface area contributed by atoms with Crippen molar-refractivity contribution in [2.45, 2.75) is 13.1 Å². The summed E-state index contributed by atoms with van der Waals surface area (Å²) in [6, 6.07) is 4.73. The Kier molecular flexibility index (Phi) is 3.88. The number of nitrogens with zero attached hydrogens (tertiary/aromatic N) is 1. The number of carbonyl (C=O) groups excluding carboxylic acids is 1. The summed E-state index contributed by atoms with van der Waals surface area (Å²) in [6.45, 7) is 1.66. The van der Waals surface area contributed by atoms with Crippen molar-refractivity contribution in [1.82, 2.24) is 5.16 Å². The van der Waals surface area contributed by atoms with Gasteiger partial charge in [0.1, 0.15) is 0 Å². The van der Waals surface area contributed by atoms with Crippen LogP contribution in [0, 0.1) is 6.92 Å². The summed E-state index contributed by atoms with van der Waals surface area (Å²) in [5.74, 6) is -0.636. The van der Waals surface area contributed by atoms with E-state index in [1.54, 1.807) is 6.92 Å². The topological polar surface area (TPSA) is 67.2 Å². The molecular formula is C13H12F3N3O2. The molecule has 0 saturated heterocycles. The molecule has 0 aliphatic heterocycles. The molecule has 0 atom stereocenters. The van der Waals surface area contributed by atoms with E-state index in [2.05, 4.69) is 15.8 Å². The van der Waals surface area contributed by atoms with Crippen molar-refractivity contribution in [3.8, 4) is 0 Å². The molecule has 1 heterocycles. The first-order valence-electron chi connectivity index (χ1n) is 5.95. The molecule has 2 N–H and O–H groups in total. The van der Waals surface area contributed by atoms with Crippen LogP contribution < -0.4 is 10.6 Å². The van der Waals surface area contributed by atoms with Crippen LogP contribution in [0.3, 0.4) is 0 Å². The van der Waals surface area contributed by atoms with Crippen molar-refractivity contribution in [1.29, 1.82) is 0 Å². The maximum atomic E-state index is 12.9. The maximum Gasteiger partial charge on any atom is 0.418 e. The van der Waals surface area contributed by atoms with Crippen LogP contribution in [0.2, 0.25) is 0 Å². The number of hydrogen-bond donors (Lipinski definition) is 2. The molecule has 1 aromatic heterocycles. The Morgan fingerprint density at radius 3 is 2.52 bits per heavy atom. The molecule has 5 nitrogen and oxygen atoms in total. The van der Waals surface area contributed by atoms with Crippen LogP contribution in [0.4, 0.5) is 24.7 Å². The van der Waals surface area contributed by atoms with Crippen LogP contribution >= 0.6 is 0 Å². The molecule has 0 saturated carbocycles. The summed E-state index contributed by atoms with van der Waals surface area (Å²) in [5, 5.41) is 8.35. The highest BCUT2D eigenvalue weighted by Gasteiger charge is 2.34. The van der Waals surface area contributed by atoms with Gasteiger partial charge < -0.3 is 9.84 Å². The highest BCUT2D eigenvalue weighted by Crippen LogP contribution is 2.35. The number of amides is 1. The first-order chi connectivity index (χ1) is 9.81. The molecule has 8 heteroatoms. The molecule has 0 bridgehead atoms. The third-order valence-electron chi connectivity index (χ3n) is 2.72. The molecule has 21 heavy (non-hydrogen) atoms. The summed E-state index contributed by atoms with van der Waals surface area (Å²) in [6.07, 6.45) is -4.56. The number of rotatable bonds is 3. The zero-order chi connectivity index (χ0) is 15.6. The van der Waals surface area contributed by atoms with E-state index < -0.39 is 17.6 Å². The highest BCUT2D eigenvalue weighted by molar-refractivity contribution is 6.04. The molecule has 1 aromatic carbocycles. The average Bonchev–Trinajstić information content (AvgIpc) is 2.82. The quantitative estimate of drug-likeness (QED) is 0.912. The minimum absolute atomic E-state index is 0.0729. The fourth-order valence-corrected chi connectivity index (χ4v) is 1.74. The van der Waals surface area contributed by atoms with Crippen molar-refractivity contribution < 1.29 is 22.5 Å². The van der Waals surface area contributed by atoms with Gasteiger partial charge in [0.2, 0.25) is 5.88 Å². The van der Waals surface area contributed by atoms with Gasteiger partial charge in [-0.1, -0.05) is 5.16 Å². The average molecular weight is 299 g/mol. The standard InChI is InChI=1S/C13H12F3N3O2/c1-7-5-11(21-19-7)18-12(20)8-3-4-10(17-2)9(6-8)13(14,15)16/h3-6,17H,1-2H3,(H,18,20). The van der Waals surface area contributed by atoms with Gasteiger partial charge in [0, 0.05) is 24.4 Å². The largest absolute Gasteiger partial charge is 0.418 e. The van der Waals surface area contributed by atoms with Crippen LogP contribution in [0.15, 0.2) is 28.8 Å². The van der Waals surface area contributed by atoms with Gasteiger partial charge in [-0.25, -0.2) is 0 Å². The van der Waals surface area contributed by atoms with Gasteiger partial charge in [0.15, 0.2) is 0 Å². The van der Waals surface area contributed by atoms with Crippen molar-refractivity contribution in [2.24, 2.45) is 0 Å². The van der Waals surface area contributed by atoms with E-state index in [-0.39, 0.29) is 17.1 Å². The Balaban J connectivity index is 2.29. The lowest BCUT2D eigenvalue weighted by Crippen LogP contribution is -2.15. The number of aryl methyl sites for hydroxylation is 1. The van der Waals surface area contributed by atoms with Crippen LogP contribution in [0.1, 0.15) is 21.6 Å². The Morgan fingerprint density at radius 1 is 1.29 bits per heavy atom. The summed E-state index contributed by atoms with van der Waals surface area (Å²) in [4.78, 5) is 11.9. The van der Waals surface area contributed by atoms with E-state index in [4.69, 9.17) is 4.52 Å². The first kappa shape index (κ1) is 14.9. The summed E-state index contributed by atoms with van der Waals surface area (Å²) in [5.41, 5.74) is -0.594. The first-order valence-corrected chi connectivity index (χ1v) is 5.95. The Morgan fingerprint density at radius 2 is 2.00 bits per heavy atom. The van der Waals surface area contributed by atoms with Gasteiger partial charge in [0.05, 0.1) is 11.3 Å². The monoisotopic (exact) mass is 299 g/mol. The number of halogens is 3. The highest BCUT2D eigenvalue weighted by atomic mass is 19.4. The molecule has 2 aromatic rings.